The highest BCUT2D eigenvalue weighted by Gasteiger charge is 2.23. The van der Waals surface area contributed by atoms with Crippen molar-refractivity contribution >= 4 is 71.3 Å². The summed E-state index contributed by atoms with van der Waals surface area (Å²) in [5, 5.41) is 13.8. The third kappa shape index (κ3) is 6.61. The van der Waals surface area contributed by atoms with Crippen LogP contribution in [0.4, 0.5) is 11.4 Å². The number of nitrogens with one attached hydrogen (secondary N) is 3. The Morgan fingerprint density at radius 1 is 1.18 bits per heavy atom. The first-order chi connectivity index (χ1) is 18.7. The zero-order chi connectivity index (χ0) is 27.6. The Bertz CT molecular complexity index is 1600. The van der Waals surface area contributed by atoms with Gasteiger partial charge in [0.05, 0.1) is 14.3 Å². The topological polar surface area (TPSA) is 129 Å². The van der Waals surface area contributed by atoms with Crippen LogP contribution in [0, 0.1) is 0 Å². The Labute approximate surface area is 242 Å². The maximum Gasteiger partial charge on any atom is 0.359 e. The number of halogens is 2. The molecule has 4 N–H and O–H groups in total. The molecule has 5 rings (SSSR count). The molecule has 0 amide bonds. The number of aromatic nitrogens is 2. The second-order valence-corrected chi connectivity index (χ2v) is 13.6. The number of imidazole rings is 1. The average molecular weight is 657 g/mol. The van der Waals surface area contributed by atoms with Crippen LogP contribution >= 0.6 is 38.9 Å². The molecule has 1 fully saturated rings. The van der Waals surface area contributed by atoms with E-state index in [-0.39, 0.29) is 22.5 Å². The molecule has 4 aromatic rings. The molecule has 0 bridgehead atoms. The Morgan fingerprint density at radius 2 is 1.90 bits per heavy atom. The van der Waals surface area contributed by atoms with E-state index >= 15 is 0 Å². The van der Waals surface area contributed by atoms with E-state index in [1.165, 1.54) is 4.73 Å². The number of hydrogen-bond acceptors (Lipinski definition) is 8. The Balaban J connectivity index is 1.07. The number of aromatic amines is 1. The molecule has 10 nitrogen and oxygen atoms in total. The number of sulfonamides is 1. The van der Waals surface area contributed by atoms with Crippen LogP contribution in [0.1, 0.15) is 12.8 Å². The van der Waals surface area contributed by atoms with Gasteiger partial charge in [0.25, 0.3) is 10.0 Å². The molecular weight excluding hydrogens is 630 g/mol. The fourth-order valence-electron chi connectivity index (χ4n) is 4.47. The molecule has 2 aromatic heterocycles. The van der Waals surface area contributed by atoms with E-state index in [4.69, 9.17) is 16.4 Å². The maximum atomic E-state index is 12.7. The summed E-state index contributed by atoms with van der Waals surface area (Å²) in [7, 11) is -3.74. The first kappa shape index (κ1) is 28.0. The summed E-state index contributed by atoms with van der Waals surface area (Å²) in [6, 6.07) is 16.3. The molecule has 1 atom stereocenters. The van der Waals surface area contributed by atoms with Gasteiger partial charge in [-0.1, -0.05) is 23.7 Å². The summed E-state index contributed by atoms with van der Waals surface area (Å²) in [4.78, 5) is 22.6. The van der Waals surface area contributed by atoms with Crippen LogP contribution in [-0.4, -0.2) is 61.6 Å². The third-order valence-electron chi connectivity index (χ3n) is 6.44. The van der Waals surface area contributed by atoms with Crippen LogP contribution in [0.5, 0.6) is 0 Å². The number of nitrogens with zero attached hydrogens (tertiary/aromatic N) is 2. The lowest BCUT2D eigenvalue weighted by Gasteiger charge is -2.34. The number of hydrogen-bond donors (Lipinski definition) is 4. The van der Waals surface area contributed by atoms with Crippen molar-refractivity contribution in [3.63, 3.8) is 0 Å². The lowest BCUT2D eigenvalue weighted by atomic mass is 10.0. The molecule has 3 heterocycles. The minimum atomic E-state index is -3.74. The minimum Gasteiger partial charge on any atom is -0.406 e. The number of benzene rings is 2. The van der Waals surface area contributed by atoms with Crippen LogP contribution in [0.25, 0.3) is 11.0 Å². The van der Waals surface area contributed by atoms with E-state index in [1.54, 1.807) is 30.3 Å². The molecular formula is C25H27BrClN5O5S2. The third-order valence-corrected chi connectivity index (χ3v) is 10.8. The molecule has 1 aliphatic heterocycles. The van der Waals surface area contributed by atoms with Gasteiger partial charge in [0.2, 0.25) is 0 Å². The summed E-state index contributed by atoms with van der Waals surface area (Å²) in [5.41, 5.74) is 2.40. The summed E-state index contributed by atoms with van der Waals surface area (Å²) in [6.07, 6.45) is 0.999. The van der Waals surface area contributed by atoms with E-state index in [9.17, 15) is 18.3 Å². The van der Waals surface area contributed by atoms with Crippen molar-refractivity contribution in [3.05, 3.63) is 73.9 Å². The Morgan fingerprint density at radius 3 is 2.59 bits per heavy atom. The fraction of sp³-hybridized carbons (Fsp3) is 0.320. The molecule has 14 heteroatoms. The minimum absolute atomic E-state index is 0.0137. The SMILES string of the molecule is O=c1[nH]c2ccccc2n1OC[C@@H](O)CNC1CCN(c2ccc(NS(=O)(=O)c3sc(Cl)cc3Br)cc2)CC1. The number of anilines is 2. The zero-order valence-corrected chi connectivity index (χ0v) is 24.6. The van der Waals surface area contributed by atoms with Crippen LogP contribution in [-0.2, 0) is 10.0 Å². The van der Waals surface area contributed by atoms with E-state index in [0.29, 0.717) is 32.1 Å². The smallest absolute Gasteiger partial charge is 0.359 e. The van der Waals surface area contributed by atoms with E-state index in [0.717, 1.165) is 43.0 Å². The molecule has 39 heavy (non-hydrogen) atoms. The van der Waals surface area contributed by atoms with Crippen LogP contribution < -0.4 is 25.5 Å². The average Bonchev–Trinajstić information content (AvgIpc) is 3.44. The molecule has 1 aliphatic rings. The quantitative estimate of drug-likeness (QED) is 0.205. The number of aliphatic hydroxyl groups excluding tert-OH is 1. The van der Waals surface area contributed by atoms with E-state index in [2.05, 4.69) is 35.9 Å². The van der Waals surface area contributed by atoms with Crippen molar-refractivity contribution in [2.45, 2.75) is 29.2 Å². The normalized spacial score (nSPS) is 15.5. The molecule has 0 unspecified atom stereocenters. The second-order valence-electron chi connectivity index (χ2n) is 9.20. The van der Waals surface area contributed by atoms with Crippen molar-refractivity contribution in [2.75, 3.05) is 35.9 Å². The van der Waals surface area contributed by atoms with Gasteiger partial charge >= 0.3 is 5.69 Å². The number of fused-ring (bicyclic) bond motifs is 1. The molecule has 0 aliphatic carbocycles. The number of H-pyrrole nitrogens is 1. The van der Waals surface area contributed by atoms with Crippen LogP contribution in [0.15, 0.2) is 68.1 Å². The molecule has 2 aromatic carbocycles. The summed E-state index contributed by atoms with van der Waals surface area (Å²) in [6.45, 7) is 1.98. The number of rotatable bonds is 10. The number of thiophene rings is 1. The highest BCUT2D eigenvalue weighted by Crippen LogP contribution is 2.35. The Hall–Kier alpha value is -2.55. The molecule has 0 spiro atoms. The van der Waals surface area contributed by atoms with Gasteiger partial charge in [0.15, 0.2) is 4.21 Å². The van der Waals surface area contributed by atoms with Crippen molar-refractivity contribution in [2.24, 2.45) is 0 Å². The molecule has 1 saturated heterocycles. The van der Waals surface area contributed by atoms with Gasteiger partial charge < -0.3 is 25.1 Å². The predicted molar refractivity (Wildman–Crippen MR) is 158 cm³/mol. The summed E-state index contributed by atoms with van der Waals surface area (Å²) in [5.74, 6) is 0. The largest absolute Gasteiger partial charge is 0.406 e. The first-order valence-electron chi connectivity index (χ1n) is 12.3. The lowest BCUT2D eigenvalue weighted by molar-refractivity contribution is 0.0263. The number of piperidine rings is 1. The molecule has 0 radical (unpaired) electrons. The number of para-hydroxylation sites is 2. The standard InChI is InChI=1S/C25H27BrClN5O5S2/c26-20-13-23(27)38-24(20)39(35,36)30-17-5-7-18(8-6-17)31-11-9-16(10-12-31)28-14-19(33)15-37-32-22-4-2-1-3-21(22)29-25(32)34/h1-8,13,16,19,28,30,33H,9-12,14-15H2,(H,29,34)/t19-/m0/s1. The van der Waals surface area contributed by atoms with E-state index < -0.39 is 16.1 Å². The summed E-state index contributed by atoms with van der Waals surface area (Å²) < 4.78 is 30.1. The first-order valence-corrected chi connectivity index (χ1v) is 15.7. The van der Waals surface area contributed by atoms with Gasteiger partial charge in [-0.05, 0) is 71.2 Å². The predicted octanol–water partition coefficient (Wildman–Crippen LogP) is 3.66. The molecule has 0 saturated carbocycles. The zero-order valence-electron chi connectivity index (χ0n) is 20.6. The molecule has 208 valence electrons. The van der Waals surface area contributed by atoms with Gasteiger partial charge in [-0.2, -0.15) is 0 Å². The highest BCUT2D eigenvalue weighted by atomic mass is 79.9. The Kier molecular flexibility index (Phi) is 8.55. The maximum absolute atomic E-state index is 12.7. The van der Waals surface area contributed by atoms with Gasteiger partial charge in [-0.25, -0.2) is 13.2 Å². The van der Waals surface area contributed by atoms with Crippen LogP contribution in [0.2, 0.25) is 4.34 Å². The number of aliphatic hydroxyl groups is 1. The van der Waals surface area contributed by atoms with Crippen LogP contribution in [0.3, 0.4) is 0 Å². The van der Waals surface area contributed by atoms with Crippen molar-refractivity contribution < 1.29 is 18.4 Å². The van der Waals surface area contributed by atoms with Crippen molar-refractivity contribution in [3.8, 4) is 0 Å². The second kappa shape index (κ2) is 11.9. The monoisotopic (exact) mass is 655 g/mol. The van der Waals surface area contributed by atoms with E-state index in [1.807, 2.05) is 24.3 Å². The van der Waals surface area contributed by atoms with Gasteiger partial charge in [0.1, 0.15) is 18.2 Å². The summed E-state index contributed by atoms with van der Waals surface area (Å²) >= 11 is 10.2. The lowest BCUT2D eigenvalue weighted by Crippen LogP contribution is -2.46. The van der Waals surface area contributed by atoms with Gasteiger partial charge in [0, 0.05) is 37.1 Å². The van der Waals surface area contributed by atoms with Crippen molar-refractivity contribution in [1.82, 2.24) is 15.0 Å². The van der Waals surface area contributed by atoms with Gasteiger partial charge in [-0.3, -0.25) is 4.72 Å². The van der Waals surface area contributed by atoms with Gasteiger partial charge in [-0.15, -0.1) is 16.1 Å². The fourth-order valence-corrected chi connectivity index (χ4v) is 8.54. The highest BCUT2D eigenvalue weighted by molar-refractivity contribution is 9.10. The van der Waals surface area contributed by atoms with Crippen molar-refractivity contribution in [1.29, 1.82) is 0 Å².